The number of methoxy groups -OCH3 is 1. The lowest BCUT2D eigenvalue weighted by Crippen LogP contribution is -2.19. The summed E-state index contributed by atoms with van der Waals surface area (Å²) in [6, 6.07) is 6.61. The second-order valence-corrected chi connectivity index (χ2v) is 4.55. The number of carbonyl (C=O) groups is 1. The maximum atomic E-state index is 11.7. The molecule has 0 fully saturated rings. The van der Waals surface area contributed by atoms with Crippen LogP contribution in [-0.2, 0) is 14.3 Å². The van der Waals surface area contributed by atoms with Crippen LogP contribution in [0.2, 0.25) is 0 Å². The molecule has 0 saturated carbocycles. The lowest BCUT2D eigenvalue weighted by atomic mass is 10.1. The topological polar surface area (TPSA) is 77.8 Å². The van der Waals surface area contributed by atoms with E-state index >= 15 is 0 Å². The molecule has 1 aromatic carbocycles. The highest BCUT2D eigenvalue weighted by Gasteiger charge is 2.06. The fraction of sp³-hybridized carbons (Fsp3) is 0.333. The third-order valence-electron chi connectivity index (χ3n) is 2.90. The Labute approximate surface area is 121 Å². The highest BCUT2D eigenvalue weighted by molar-refractivity contribution is 5.94. The van der Waals surface area contributed by atoms with E-state index in [0.29, 0.717) is 24.5 Å². The molecule has 0 atom stereocenters. The lowest BCUT2D eigenvalue weighted by molar-refractivity contribution is -0.121. The lowest BCUT2D eigenvalue weighted by Gasteiger charge is -2.07. The molecule has 0 spiro atoms. The molecule has 0 bridgehead atoms. The molecule has 1 amide bonds. The molecule has 2 aromatic rings. The molecule has 6 nitrogen and oxygen atoms in total. The first-order chi connectivity index (χ1) is 10.1. The van der Waals surface area contributed by atoms with E-state index in [2.05, 4.69) is 5.32 Å². The Balaban J connectivity index is 2.05. The van der Waals surface area contributed by atoms with Gasteiger partial charge in [-0.2, -0.15) is 0 Å². The molecular weight excluding hydrogens is 274 g/mol. The van der Waals surface area contributed by atoms with Gasteiger partial charge in [0.1, 0.15) is 12.2 Å². The van der Waals surface area contributed by atoms with Crippen LogP contribution in [0.5, 0.6) is 0 Å². The van der Waals surface area contributed by atoms with Gasteiger partial charge in [-0.1, -0.05) is 0 Å². The van der Waals surface area contributed by atoms with E-state index in [1.165, 1.54) is 6.07 Å². The summed E-state index contributed by atoms with van der Waals surface area (Å²) < 4.78 is 15.1. The van der Waals surface area contributed by atoms with Crippen molar-refractivity contribution >= 4 is 22.6 Å². The van der Waals surface area contributed by atoms with Crippen LogP contribution >= 0.6 is 0 Å². The first-order valence-electron chi connectivity index (χ1n) is 6.51. The summed E-state index contributed by atoms with van der Waals surface area (Å²) in [5.41, 5.74) is 1.42. The van der Waals surface area contributed by atoms with Gasteiger partial charge in [-0.15, -0.1) is 0 Å². The summed E-state index contributed by atoms with van der Waals surface area (Å²) in [6.07, 6.45) is 0. The molecule has 0 aliphatic heterocycles. The quantitative estimate of drug-likeness (QED) is 0.647. The molecule has 0 saturated heterocycles. The molecule has 0 aliphatic rings. The largest absolute Gasteiger partial charge is 0.423 e. The van der Waals surface area contributed by atoms with E-state index in [1.807, 2.05) is 6.92 Å². The van der Waals surface area contributed by atoms with Gasteiger partial charge in [-0.05, 0) is 24.6 Å². The van der Waals surface area contributed by atoms with Crippen LogP contribution in [0.25, 0.3) is 11.0 Å². The molecule has 1 N–H and O–H groups in total. The normalized spacial score (nSPS) is 10.8. The van der Waals surface area contributed by atoms with Crippen LogP contribution in [0.3, 0.4) is 0 Å². The fourth-order valence-electron chi connectivity index (χ4n) is 1.91. The van der Waals surface area contributed by atoms with Gasteiger partial charge in [0.25, 0.3) is 0 Å². The summed E-state index contributed by atoms with van der Waals surface area (Å²) in [5, 5.41) is 3.52. The van der Waals surface area contributed by atoms with Crippen molar-refractivity contribution in [3.05, 3.63) is 40.2 Å². The van der Waals surface area contributed by atoms with E-state index in [0.717, 1.165) is 10.9 Å². The van der Waals surface area contributed by atoms with Crippen LogP contribution in [-0.4, -0.2) is 32.8 Å². The van der Waals surface area contributed by atoms with Gasteiger partial charge >= 0.3 is 5.63 Å². The van der Waals surface area contributed by atoms with E-state index in [4.69, 9.17) is 13.9 Å². The third-order valence-corrected chi connectivity index (χ3v) is 2.90. The minimum absolute atomic E-state index is 0.0564. The number of rotatable bonds is 6. The molecule has 0 aliphatic carbocycles. The smallest absolute Gasteiger partial charge is 0.336 e. The predicted molar refractivity (Wildman–Crippen MR) is 78.5 cm³/mol. The van der Waals surface area contributed by atoms with E-state index < -0.39 is 5.63 Å². The fourth-order valence-corrected chi connectivity index (χ4v) is 1.91. The number of fused-ring (bicyclic) bond motifs is 1. The molecule has 6 heteroatoms. The Morgan fingerprint density at radius 3 is 2.86 bits per heavy atom. The maximum absolute atomic E-state index is 11.7. The zero-order chi connectivity index (χ0) is 15.2. The molecule has 2 rings (SSSR count). The van der Waals surface area contributed by atoms with Crippen LogP contribution in [0, 0.1) is 6.92 Å². The van der Waals surface area contributed by atoms with Crippen LogP contribution < -0.4 is 10.9 Å². The Bertz CT molecular complexity index is 692. The molecule has 0 radical (unpaired) electrons. The van der Waals surface area contributed by atoms with E-state index in [1.54, 1.807) is 25.3 Å². The van der Waals surface area contributed by atoms with Gasteiger partial charge in [-0.3, -0.25) is 4.79 Å². The Hall–Kier alpha value is -2.18. The zero-order valence-electron chi connectivity index (χ0n) is 12.0. The van der Waals surface area contributed by atoms with Gasteiger partial charge in [0.2, 0.25) is 5.91 Å². The van der Waals surface area contributed by atoms with Crippen molar-refractivity contribution < 1.29 is 18.7 Å². The number of hydrogen-bond acceptors (Lipinski definition) is 5. The Kier molecular flexibility index (Phi) is 5.08. The maximum Gasteiger partial charge on any atom is 0.336 e. The Morgan fingerprint density at radius 1 is 1.29 bits per heavy atom. The highest BCUT2D eigenvalue weighted by Crippen LogP contribution is 2.20. The first-order valence-corrected chi connectivity index (χ1v) is 6.51. The molecular formula is C15H17NO5. The number of nitrogens with one attached hydrogen (secondary N) is 1. The van der Waals surface area contributed by atoms with Crippen molar-refractivity contribution in [3.63, 3.8) is 0 Å². The minimum atomic E-state index is -0.411. The monoisotopic (exact) mass is 291 g/mol. The average molecular weight is 291 g/mol. The van der Waals surface area contributed by atoms with Gasteiger partial charge in [0.15, 0.2) is 0 Å². The second-order valence-electron chi connectivity index (χ2n) is 4.55. The summed E-state index contributed by atoms with van der Waals surface area (Å²) in [7, 11) is 1.56. The van der Waals surface area contributed by atoms with Crippen molar-refractivity contribution in [1.29, 1.82) is 0 Å². The summed E-state index contributed by atoms with van der Waals surface area (Å²) >= 11 is 0. The summed E-state index contributed by atoms with van der Waals surface area (Å²) in [5.74, 6) is -0.277. The van der Waals surface area contributed by atoms with E-state index in [9.17, 15) is 9.59 Å². The van der Waals surface area contributed by atoms with Gasteiger partial charge in [-0.25, -0.2) is 4.79 Å². The number of carbonyl (C=O) groups excluding carboxylic acids is 1. The molecule has 1 heterocycles. The predicted octanol–water partition coefficient (Wildman–Crippen LogP) is 1.70. The number of anilines is 1. The third kappa shape index (κ3) is 4.14. The average Bonchev–Trinajstić information content (AvgIpc) is 2.43. The summed E-state index contributed by atoms with van der Waals surface area (Å²) in [4.78, 5) is 23.0. The Morgan fingerprint density at radius 2 is 2.10 bits per heavy atom. The number of benzene rings is 1. The van der Waals surface area contributed by atoms with Crippen molar-refractivity contribution in [3.8, 4) is 0 Å². The van der Waals surface area contributed by atoms with E-state index in [-0.39, 0.29) is 12.5 Å². The number of hydrogen-bond donors (Lipinski definition) is 1. The van der Waals surface area contributed by atoms with Crippen molar-refractivity contribution in [2.24, 2.45) is 0 Å². The standard InChI is InChI=1S/C15H17NO5/c1-10-7-15(18)21-13-8-11(3-4-12(10)13)16-14(17)9-20-6-5-19-2/h3-4,7-8H,5-6,9H2,1-2H3,(H,16,17). The minimum Gasteiger partial charge on any atom is -0.423 e. The van der Waals surface area contributed by atoms with Crippen molar-refractivity contribution in [1.82, 2.24) is 0 Å². The zero-order valence-corrected chi connectivity index (χ0v) is 12.0. The van der Waals surface area contributed by atoms with Crippen molar-refractivity contribution in [2.45, 2.75) is 6.92 Å². The number of ether oxygens (including phenoxy) is 2. The van der Waals surface area contributed by atoms with Crippen LogP contribution in [0.15, 0.2) is 33.5 Å². The van der Waals surface area contributed by atoms with Crippen molar-refractivity contribution in [2.75, 3.05) is 32.2 Å². The molecule has 112 valence electrons. The van der Waals surface area contributed by atoms with Gasteiger partial charge in [0.05, 0.1) is 13.2 Å². The molecule has 1 aromatic heterocycles. The number of aryl methyl sites for hydroxylation is 1. The highest BCUT2D eigenvalue weighted by atomic mass is 16.5. The van der Waals surface area contributed by atoms with Gasteiger partial charge < -0.3 is 19.2 Å². The summed E-state index contributed by atoms with van der Waals surface area (Å²) in [6.45, 7) is 2.57. The second kappa shape index (κ2) is 7.01. The van der Waals surface area contributed by atoms with Gasteiger partial charge in [0, 0.05) is 30.3 Å². The first kappa shape index (κ1) is 15.2. The molecule has 0 unspecified atom stereocenters. The van der Waals surface area contributed by atoms with Crippen LogP contribution in [0.1, 0.15) is 5.56 Å². The number of amides is 1. The SMILES string of the molecule is COCCOCC(=O)Nc1ccc2c(C)cc(=O)oc2c1. The van der Waals surface area contributed by atoms with Crippen LogP contribution in [0.4, 0.5) is 5.69 Å². The molecule has 21 heavy (non-hydrogen) atoms.